The molecule has 0 atom stereocenters. The minimum atomic E-state index is 0.601. The van der Waals surface area contributed by atoms with Crippen LogP contribution in [0.3, 0.4) is 0 Å². The maximum Gasteiger partial charge on any atom is 0.227 e. The maximum absolute atomic E-state index is 6.60. The van der Waals surface area contributed by atoms with Gasteiger partial charge in [-0.15, -0.1) is 11.3 Å². The topological polar surface area (TPSA) is 64.7 Å². The monoisotopic (exact) mass is 784 g/mol. The van der Waals surface area contributed by atoms with Crippen LogP contribution >= 0.6 is 11.3 Å². The molecule has 280 valence electrons. The minimum absolute atomic E-state index is 0.601. The van der Waals surface area contributed by atoms with Gasteiger partial charge in [-0.3, -0.25) is 0 Å². The average molecular weight is 785 g/mol. The molecule has 12 rings (SSSR count). The summed E-state index contributed by atoms with van der Waals surface area (Å²) in [6.45, 7) is 0. The zero-order valence-electron chi connectivity index (χ0n) is 32.1. The fourth-order valence-electron chi connectivity index (χ4n) is 8.41. The van der Waals surface area contributed by atoms with Crippen molar-refractivity contribution in [3.8, 4) is 67.9 Å². The summed E-state index contributed by atoms with van der Waals surface area (Å²) in [4.78, 5) is 20.7. The second-order valence-corrected chi connectivity index (χ2v) is 16.1. The summed E-state index contributed by atoms with van der Waals surface area (Å²) < 4.78 is 8.93. The molecule has 0 fully saturated rings. The Morgan fingerprint density at radius 2 is 0.933 bits per heavy atom. The molecular formula is C54H32N4OS. The molecule has 0 saturated carbocycles. The Morgan fingerprint density at radius 1 is 0.350 bits per heavy atom. The molecule has 0 aliphatic rings. The lowest BCUT2D eigenvalue weighted by Crippen LogP contribution is -2.01. The van der Waals surface area contributed by atoms with Crippen LogP contribution in [0, 0.1) is 0 Å². The van der Waals surface area contributed by atoms with Crippen molar-refractivity contribution in [2.75, 3.05) is 0 Å². The van der Waals surface area contributed by atoms with Crippen molar-refractivity contribution < 1.29 is 4.42 Å². The molecule has 0 saturated heterocycles. The number of aromatic nitrogens is 4. The van der Waals surface area contributed by atoms with Crippen LogP contribution in [-0.2, 0) is 0 Å². The lowest BCUT2D eigenvalue weighted by atomic mass is 9.98. The molecule has 6 heteroatoms. The summed E-state index contributed by atoms with van der Waals surface area (Å²) in [6.07, 6.45) is 0. The Morgan fingerprint density at radius 3 is 1.77 bits per heavy atom. The van der Waals surface area contributed by atoms with Crippen LogP contribution in [0.2, 0.25) is 0 Å². The molecular weight excluding hydrogens is 753 g/mol. The van der Waals surface area contributed by atoms with E-state index in [1.807, 2.05) is 42.5 Å². The fraction of sp³-hybridized carbons (Fsp3) is 0. The molecule has 0 unspecified atom stereocenters. The van der Waals surface area contributed by atoms with Gasteiger partial charge in [-0.2, -0.15) is 0 Å². The van der Waals surface area contributed by atoms with E-state index in [0.717, 1.165) is 81.9 Å². The zero-order chi connectivity index (χ0) is 39.6. The first kappa shape index (κ1) is 34.3. The van der Waals surface area contributed by atoms with Crippen molar-refractivity contribution >= 4 is 64.2 Å². The van der Waals surface area contributed by atoms with E-state index in [-0.39, 0.29) is 0 Å². The Balaban J connectivity index is 1.06. The van der Waals surface area contributed by atoms with Gasteiger partial charge in [-0.1, -0.05) is 146 Å². The van der Waals surface area contributed by atoms with Crippen molar-refractivity contribution in [1.82, 2.24) is 19.9 Å². The number of hydrogen-bond donors (Lipinski definition) is 0. The highest BCUT2D eigenvalue weighted by Gasteiger charge is 2.20. The summed E-state index contributed by atoms with van der Waals surface area (Å²) >= 11 is 1.77. The van der Waals surface area contributed by atoms with Crippen molar-refractivity contribution in [3.05, 3.63) is 194 Å². The van der Waals surface area contributed by atoms with Gasteiger partial charge < -0.3 is 4.42 Å². The van der Waals surface area contributed by atoms with Gasteiger partial charge in [0.05, 0.1) is 0 Å². The lowest BCUT2D eigenvalue weighted by Gasteiger charge is -2.13. The summed E-state index contributed by atoms with van der Waals surface area (Å²) in [5.41, 5.74) is 9.72. The normalized spacial score (nSPS) is 11.7. The Labute approximate surface area is 348 Å². The van der Waals surface area contributed by atoms with Gasteiger partial charge in [0.15, 0.2) is 23.1 Å². The third-order valence-electron chi connectivity index (χ3n) is 11.3. The number of thiophene rings is 1. The fourth-order valence-corrected chi connectivity index (χ4v) is 9.53. The average Bonchev–Trinajstić information content (AvgIpc) is 3.94. The molecule has 0 bridgehead atoms. The van der Waals surface area contributed by atoms with E-state index in [4.69, 9.17) is 24.4 Å². The van der Waals surface area contributed by atoms with Gasteiger partial charge in [0.25, 0.3) is 0 Å². The van der Waals surface area contributed by atoms with Crippen molar-refractivity contribution in [1.29, 1.82) is 0 Å². The summed E-state index contributed by atoms with van der Waals surface area (Å²) in [5.74, 6) is 2.44. The van der Waals surface area contributed by atoms with Crippen LogP contribution in [0.5, 0.6) is 0 Å². The summed E-state index contributed by atoms with van der Waals surface area (Å²) in [7, 11) is 0. The molecule has 0 aliphatic heterocycles. The highest BCUT2D eigenvalue weighted by Crippen LogP contribution is 2.44. The molecule has 60 heavy (non-hydrogen) atoms. The molecule has 12 aromatic rings. The summed E-state index contributed by atoms with van der Waals surface area (Å²) in [6, 6.07) is 67.6. The molecule has 3 heterocycles. The standard InChI is InChI=1S/C54H32N4OS/c1-3-13-34(14-4-1)42-20-9-10-21-43(42)53-57-51(40-19-11-18-38(31-40)39-24-22-33-12-7-8-17-37(33)30-39)56-52(58-53)41-25-23-35-26-28-46-48(44(35)32-41)49-47(60-46)29-27-45-50(49)59-54(55-45)36-15-5-2-6-16-36/h1-32H. The van der Waals surface area contributed by atoms with Gasteiger partial charge in [0, 0.05) is 42.4 Å². The Hall–Kier alpha value is -7.80. The Kier molecular flexibility index (Phi) is 7.96. The zero-order valence-corrected chi connectivity index (χ0v) is 32.9. The summed E-state index contributed by atoms with van der Waals surface area (Å²) in [5, 5.41) is 6.86. The lowest BCUT2D eigenvalue weighted by molar-refractivity contribution is 0.623. The van der Waals surface area contributed by atoms with E-state index in [1.54, 1.807) is 11.3 Å². The largest absolute Gasteiger partial charge is 0.435 e. The van der Waals surface area contributed by atoms with Crippen LogP contribution < -0.4 is 0 Å². The SMILES string of the molecule is c1ccc(-c2nc3ccc4sc5ccc6ccc(-c7nc(-c8cccc(-c9ccc%10ccccc%10c9)c8)nc(-c8ccccc8-c8ccccc8)n7)cc6c5c4c3o2)cc1. The molecule has 0 aliphatic carbocycles. The molecule has 0 spiro atoms. The van der Waals surface area contributed by atoms with Crippen LogP contribution in [0.25, 0.3) is 121 Å². The van der Waals surface area contributed by atoms with E-state index >= 15 is 0 Å². The molecule has 5 nitrogen and oxygen atoms in total. The first-order valence-corrected chi connectivity index (χ1v) is 20.8. The van der Waals surface area contributed by atoms with Crippen molar-refractivity contribution in [2.24, 2.45) is 0 Å². The van der Waals surface area contributed by atoms with Crippen LogP contribution in [0.4, 0.5) is 0 Å². The number of rotatable bonds is 6. The van der Waals surface area contributed by atoms with Crippen molar-refractivity contribution in [3.63, 3.8) is 0 Å². The van der Waals surface area contributed by atoms with E-state index < -0.39 is 0 Å². The Bertz CT molecular complexity index is 3610. The first-order valence-electron chi connectivity index (χ1n) is 20.0. The molecule has 9 aromatic carbocycles. The van der Waals surface area contributed by atoms with E-state index in [1.165, 1.54) is 15.5 Å². The van der Waals surface area contributed by atoms with Gasteiger partial charge in [0.1, 0.15) is 5.52 Å². The second-order valence-electron chi connectivity index (χ2n) is 15.0. The maximum atomic E-state index is 6.60. The third-order valence-corrected chi connectivity index (χ3v) is 12.5. The van der Waals surface area contributed by atoms with E-state index in [9.17, 15) is 0 Å². The first-order chi connectivity index (χ1) is 29.7. The number of fused-ring (bicyclic) bond motifs is 8. The highest BCUT2D eigenvalue weighted by atomic mass is 32.1. The predicted molar refractivity (Wildman–Crippen MR) is 248 cm³/mol. The van der Waals surface area contributed by atoms with E-state index in [0.29, 0.717) is 23.4 Å². The van der Waals surface area contributed by atoms with Gasteiger partial charge in [-0.05, 0) is 92.3 Å². The van der Waals surface area contributed by atoms with Gasteiger partial charge in [0.2, 0.25) is 5.89 Å². The molecule has 0 amide bonds. The highest BCUT2D eigenvalue weighted by molar-refractivity contribution is 7.26. The second kappa shape index (κ2) is 13.9. The van der Waals surface area contributed by atoms with Crippen LogP contribution in [-0.4, -0.2) is 19.9 Å². The predicted octanol–water partition coefficient (Wildman–Crippen LogP) is 14.7. The molecule has 0 radical (unpaired) electrons. The minimum Gasteiger partial charge on any atom is -0.435 e. The third kappa shape index (κ3) is 5.84. The van der Waals surface area contributed by atoms with Gasteiger partial charge >= 0.3 is 0 Å². The molecule has 0 N–H and O–H groups in total. The smallest absolute Gasteiger partial charge is 0.227 e. The van der Waals surface area contributed by atoms with Crippen LogP contribution in [0.15, 0.2) is 199 Å². The molecule has 3 aromatic heterocycles. The number of oxazole rings is 1. The van der Waals surface area contributed by atoms with Crippen molar-refractivity contribution in [2.45, 2.75) is 0 Å². The van der Waals surface area contributed by atoms with Gasteiger partial charge in [-0.25, -0.2) is 19.9 Å². The number of nitrogens with zero attached hydrogens (tertiary/aromatic N) is 4. The number of hydrogen-bond acceptors (Lipinski definition) is 6. The quantitative estimate of drug-likeness (QED) is 0.168. The number of benzene rings is 9. The van der Waals surface area contributed by atoms with E-state index in [2.05, 4.69) is 152 Å². The van der Waals surface area contributed by atoms with Crippen LogP contribution in [0.1, 0.15) is 0 Å².